The topological polar surface area (TPSA) is 89.7 Å². The van der Waals surface area contributed by atoms with Gasteiger partial charge in [0, 0.05) is 19.0 Å². The molecule has 102 valence electrons. The number of rotatable bonds is 5. The zero-order chi connectivity index (χ0) is 14.4. The molecule has 0 unspecified atom stereocenters. The van der Waals surface area contributed by atoms with E-state index in [4.69, 9.17) is 10.5 Å². The number of hydrogen-bond acceptors (Lipinski definition) is 4. The van der Waals surface area contributed by atoms with Crippen LogP contribution in [0.15, 0.2) is 24.3 Å². The number of esters is 1. The van der Waals surface area contributed by atoms with Gasteiger partial charge in [0.15, 0.2) is 0 Å². The number of nitrogens with two attached hydrogens (primary N) is 1. The SMILES string of the molecule is CCC(=O)N(CC(N)=O)c1ccc(OC(C)=O)cc1. The Balaban J connectivity index is 2.93. The Kier molecular flexibility index (Phi) is 5.05. The maximum absolute atomic E-state index is 11.7. The van der Waals surface area contributed by atoms with Crippen LogP contribution >= 0.6 is 0 Å². The van der Waals surface area contributed by atoms with Gasteiger partial charge in [-0.2, -0.15) is 0 Å². The Hall–Kier alpha value is -2.37. The Morgan fingerprint density at radius 1 is 1.21 bits per heavy atom. The molecule has 0 radical (unpaired) electrons. The molecule has 0 aromatic heterocycles. The van der Waals surface area contributed by atoms with Crippen LogP contribution in [0, 0.1) is 0 Å². The summed E-state index contributed by atoms with van der Waals surface area (Å²) in [5.41, 5.74) is 5.65. The highest BCUT2D eigenvalue weighted by atomic mass is 16.5. The van der Waals surface area contributed by atoms with Crippen LogP contribution in [0.4, 0.5) is 5.69 Å². The molecule has 0 atom stereocenters. The van der Waals surface area contributed by atoms with Gasteiger partial charge in [-0.05, 0) is 24.3 Å². The summed E-state index contributed by atoms with van der Waals surface area (Å²) in [6.45, 7) is 2.82. The molecule has 2 amide bonds. The van der Waals surface area contributed by atoms with E-state index in [2.05, 4.69) is 0 Å². The molecule has 0 saturated carbocycles. The molecule has 0 aliphatic carbocycles. The van der Waals surface area contributed by atoms with Gasteiger partial charge in [-0.25, -0.2) is 0 Å². The molecule has 0 heterocycles. The number of benzene rings is 1. The fourth-order valence-corrected chi connectivity index (χ4v) is 1.53. The van der Waals surface area contributed by atoms with Gasteiger partial charge in [0.05, 0.1) is 0 Å². The zero-order valence-corrected chi connectivity index (χ0v) is 10.9. The van der Waals surface area contributed by atoms with Gasteiger partial charge in [-0.3, -0.25) is 14.4 Å². The van der Waals surface area contributed by atoms with E-state index in [-0.39, 0.29) is 18.9 Å². The Morgan fingerprint density at radius 2 is 1.79 bits per heavy atom. The third-order valence-electron chi connectivity index (χ3n) is 2.33. The minimum atomic E-state index is -0.592. The lowest BCUT2D eigenvalue weighted by Gasteiger charge is -2.20. The van der Waals surface area contributed by atoms with Crippen LogP contribution in [-0.4, -0.2) is 24.3 Å². The number of primary amides is 1. The monoisotopic (exact) mass is 264 g/mol. The lowest BCUT2D eigenvalue weighted by Crippen LogP contribution is -2.38. The minimum Gasteiger partial charge on any atom is -0.427 e. The lowest BCUT2D eigenvalue weighted by atomic mass is 10.2. The number of amides is 2. The zero-order valence-electron chi connectivity index (χ0n) is 10.9. The van der Waals surface area contributed by atoms with Crippen molar-refractivity contribution in [2.24, 2.45) is 5.73 Å². The number of carbonyl (C=O) groups excluding carboxylic acids is 3. The fraction of sp³-hybridized carbons (Fsp3) is 0.308. The highest BCUT2D eigenvalue weighted by molar-refractivity contribution is 5.98. The summed E-state index contributed by atoms with van der Waals surface area (Å²) in [5, 5.41) is 0. The van der Waals surface area contributed by atoms with Crippen LogP contribution in [0.1, 0.15) is 20.3 Å². The van der Waals surface area contributed by atoms with Crippen molar-refractivity contribution in [3.8, 4) is 5.75 Å². The van der Waals surface area contributed by atoms with Gasteiger partial charge in [-0.15, -0.1) is 0 Å². The second-order valence-corrected chi connectivity index (χ2v) is 3.89. The van der Waals surface area contributed by atoms with Crippen LogP contribution in [0.3, 0.4) is 0 Å². The predicted octanol–water partition coefficient (Wildman–Crippen LogP) is 0.840. The van der Waals surface area contributed by atoms with Crippen LogP contribution in [0.25, 0.3) is 0 Å². The normalized spacial score (nSPS) is 9.79. The maximum atomic E-state index is 11.7. The molecule has 2 N–H and O–H groups in total. The van der Waals surface area contributed by atoms with Crippen LogP contribution in [0.5, 0.6) is 5.75 Å². The van der Waals surface area contributed by atoms with E-state index in [0.717, 1.165) is 0 Å². The molecule has 0 saturated heterocycles. The third-order valence-corrected chi connectivity index (χ3v) is 2.33. The van der Waals surface area contributed by atoms with Gasteiger partial charge in [0.2, 0.25) is 11.8 Å². The number of anilines is 1. The summed E-state index contributed by atoms with van der Waals surface area (Å²) < 4.78 is 4.88. The van der Waals surface area contributed by atoms with Crippen molar-refractivity contribution < 1.29 is 19.1 Å². The Morgan fingerprint density at radius 3 is 2.21 bits per heavy atom. The molecule has 1 aromatic carbocycles. The molecular weight excluding hydrogens is 248 g/mol. The number of nitrogens with zero attached hydrogens (tertiary/aromatic N) is 1. The fourth-order valence-electron chi connectivity index (χ4n) is 1.53. The molecule has 19 heavy (non-hydrogen) atoms. The van der Waals surface area contributed by atoms with Crippen molar-refractivity contribution in [2.45, 2.75) is 20.3 Å². The summed E-state index contributed by atoms with van der Waals surface area (Å²) in [4.78, 5) is 34.8. The first-order valence-electron chi connectivity index (χ1n) is 5.81. The smallest absolute Gasteiger partial charge is 0.308 e. The Bertz CT molecular complexity index is 482. The van der Waals surface area contributed by atoms with Gasteiger partial charge in [0.25, 0.3) is 0 Å². The molecule has 0 fully saturated rings. The van der Waals surface area contributed by atoms with Crippen LogP contribution < -0.4 is 15.4 Å². The lowest BCUT2D eigenvalue weighted by molar-refractivity contribution is -0.131. The van der Waals surface area contributed by atoms with Crippen molar-refractivity contribution in [3.05, 3.63) is 24.3 Å². The standard InChI is InChI=1S/C13H16N2O4/c1-3-13(18)15(8-12(14)17)10-4-6-11(7-5-10)19-9(2)16/h4-7H,3,8H2,1-2H3,(H2,14,17). The molecule has 0 spiro atoms. The summed E-state index contributed by atoms with van der Waals surface area (Å²) in [6.07, 6.45) is 0.263. The predicted molar refractivity (Wildman–Crippen MR) is 69.6 cm³/mol. The van der Waals surface area contributed by atoms with Gasteiger partial charge in [-0.1, -0.05) is 6.92 Å². The summed E-state index contributed by atoms with van der Waals surface area (Å²) in [6, 6.07) is 6.28. The quantitative estimate of drug-likeness (QED) is 0.630. The average molecular weight is 264 g/mol. The second-order valence-electron chi connectivity index (χ2n) is 3.89. The molecule has 6 nitrogen and oxygen atoms in total. The summed E-state index contributed by atoms with van der Waals surface area (Å²) in [5.74, 6) is -0.851. The van der Waals surface area contributed by atoms with E-state index in [1.54, 1.807) is 31.2 Å². The first-order chi connectivity index (χ1) is 8.93. The highest BCUT2D eigenvalue weighted by Gasteiger charge is 2.16. The van der Waals surface area contributed by atoms with Crippen molar-refractivity contribution in [3.63, 3.8) is 0 Å². The van der Waals surface area contributed by atoms with Crippen LogP contribution in [0.2, 0.25) is 0 Å². The van der Waals surface area contributed by atoms with E-state index in [1.807, 2.05) is 0 Å². The number of ether oxygens (including phenoxy) is 1. The molecule has 0 bridgehead atoms. The average Bonchev–Trinajstić information content (AvgIpc) is 2.35. The molecule has 6 heteroatoms. The highest BCUT2D eigenvalue weighted by Crippen LogP contribution is 2.20. The van der Waals surface area contributed by atoms with Crippen molar-refractivity contribution in [1.82, 2.24) is 0 Å². The second kappa shape index (κ2) is 6.53. The van der Waals surface area contributed by atoms with E-state index in [0.29, 0.717) is 11.4 Å². The van der Waals surface area contributed by atoms with Crippen LogP contribution in [-0.2, 0) is 14.4 Å². The molecule has 1 aromatic rings. The van der Waals surface area contributed by atoms with Gasteiger partial charge < -0.3 is 15.4 Å². The first kappa shape index (κ1) is 14.7. The van der Waals surface area contributed by atoms with E-state index < -0.39 is 11.9 Å². The largest absolute Gasteiger partial charge is 0.427 e. The third kappa shape index (κ3) is 4.42. The first-order valence-corrected chi connectivity index (χ1v) is 5.81. The molecule has 1 rings (SSSR count). The van der Waals surface area contributed by atoms with E-state index in [1.165, 1.54) is 11.8 Å². The van der Waals surface area contributed by atoms with Crippen molar-refractivity contribution in [1.29, 1.82) is 0 Å². The summed E-state index contributed by atoms with van der Waals surface area (Å²) >= 11 is 0. The minimum absolute atomic E-state index is 0.181. The van der Waals surface area contributed by atoms with Crippen molar-refractivity contribution in [2.75, 3.05) is 11.4 Å². The molecule has 0 aliphatic rings. The van der Waals surface area contributed by atoms with Gasteiger partial charge in [0.1, 0.15) is 12.3 Å². The molecule has 0 aliphatic heterocycles. The van der Waals surface area contributed by atoms with E-state index >= 15 is 0 Å². The number of carbonyl (C=O) groups is 3. The summed E-state index contributed by atoms with van der Waals surface area (Å²) in [7, 11) is 0. The van der Waals surface area contributed by atoms with Gasteiger partial charge >= 0.3 is 5.97 Å². The number of hydrogen-bond donors (Lipinski definition) is 1. The van der Waals surface area contributed by atoms with Crippen molar-refractivity contribution >= 4 is 23.5 Å². The van der Waals surface area contributed by atoms with E-state index in [9.17, 15) is 14.4 Å². The Labute approximate surface area is 111 Å². The maximum Gasteiger partial charge on any atom is 0.308 e. The molecular formula is C13H16N2O4.